The number of hydrogen-bond donors (Lipinski definition) is 3. The van der Waals surface area contributed by atoms with E-state index in [0.29, 0.717) is 5.69 Å². The van der Waals surface area contributed by atoms with Crippen molar-refractivity contribution in [3.8, 4) is 0 Å². The van der Waals surface area contributed by atoms with Crippen LogP contribution < -0.4 is 10.6 Å². The standard InChI is InChI=1S/C11H12F3N3O3S/c12-11(13,14)21-4-3-16-10(20)17-6-8-5-7(9(18)19)1-2-15-8/h1-2,5H,3-4,6H2,(H,18,19)(H2,16,17,20). The van der Waals surface area contributed by atoms with Crippen LogP contribution in [-0.4, -0.2) is 39.9 Å². The van der Waals surface area contributed by atoms with Gasteiger partial charge in [0.1, 0.15) is 0 Å². The molecule has 1 rings (SSSR count). The van der Waals surface area contributed by atoms with Gasteiger partial charge in [-0.05, 0) is 23.9 Å². The van der Waals surface area contributed by atoms with E-state index < -0.39 is 17.5 Å². The average Bonchev–Trinajstić information content (AvgIpc) is 2.40. The number of nitrogens with one attached hydrogen (secondary N) is 2. The Hall–Kier alpha value is -1.97. The quantitative estimate of drug-likeness (QED) is 0.695. The highest BCUT2D eigenvalue weighted by Gasteiger charge is 2.27. The highest BCUT2D eigenvalue weighted by atomic mass is 32.2. The molecule has 0 aromatic carbocycles. The first-order valence-corrected chi connectivity index (χ1v) is 6.67. The SMILES string of the molecule is O=C(NCCSC(F)(F)F)NCc1cc(C(=O)O)ccn1. The summed E-state index contributed by atoms with van der Waals surface area (Å²) in [6.45, 7) is -0.169. The maximum absolute atomic E-state index is 11.8. The number of aromatic carboxylic acids is 1. The first-order valence-electron chi connectivity index (χ1n) is 5.68. The minimum absolute atomic E-state index is 0.0284. The van der Waals surface area contributed by atoms with Crippen molar-refractivity contribution in [1.82, 2.24) is 15.6 Å². The third kappa shape index (κ3) is 7.40. The molecule has 0 aliphatic rings. The van der Waals surface area contributed by atoms with Crippen LogP contribution in [0.3, 0.4) is 0 Å². The number of rotatable bonds is 6. The van der Waals surface area contributed by atoms with Crippen molar-refractivity contribution in [1.29, 1.82) is 0 Å². The molecule has 0 atom stereocenters. The van der Waals surface area contributed by atoms with Gasteiger partial charge >= 0.3 is 17.5 Å². The average molecular weight is 323 g/mol. The Kier molecular flexibility index (Phi) is 6.28. The molecule has 6 nitrogen and oxygen atoms in total. The normalized spacial score (nSPS) is 11.0. The van der Waals surface area contributed by atoms with Crippen LogP contribution in [0.2, 0.25) is 0 Å². The van der Waals surface area contributed by atoms with Crippen LogP contribution in [0.5, 0.6) is 0 Å². The molecule has 1 heterocycles. The van der Waals surface area contributed by atoms with Gasteiger partial charge in [0.2, 0.25) is 0 Å². The van der Waals surface area contributed by atoms with Gasteiger partial charge < -0.3 is 15.7 Å². The van der Waals surface area contributed by atoms with Gasteiger partial charge in [-0.1, -0.05) is 0 Å². The van der Waals surface area contributed by atoms with Crippen molar-refractivity contribution in [3.05, 3.63) is 29.6 Å². The molecule has 0 bridgehead atoms. The van der Waals surface area contributed by atoms with E-state index in [1.807, 2.05) is 0 Å². The molecule has 1 aromatic rings. The summed E-state index contributed by atoms with van der Waals surface area (Å²) in [7, 11) is 0. The number of carboxylic acids is 1. The van der Waals surface area contributed by atoms with Crippen LogP contribution >= 0.6 is 11.8 Å². The molecule has 0 unspecified atom stereocenters. The summed E-state index contributed by atoms with van der Waals surface area (Å²) in [6, 6.07) is 1.95. The predicted molar refractivity (Wildman–Crippen MR) is 69.9 cm³/mol. The number of pyridine rings is 1. The van der Waals surface area contributed by atoms with Crippen molar-refractivity contribution < 1.29 is 27.9 Å². The Morgan fingerprint density at radius 1 is 1.33 bits per heavy atom. The van der Waals surface area contributed by atoms with Gasteiger partial charge in [0, 0.05) is 18.5 Å². The fourth-order valence-electron chi connectivity index (χ4n) is 1.27. The number of thioether (sulfide) groups is 1. The van der Waals surface area contributed by atoms with Gasteiger partial charge in [0.05, 0.1) is 17.8 Å². The molecule has 0 spiro atoms. The van der Waals surface area contributed by atoms with Crippen molar-refractivity contribution >= 4 is 23.8 Å². The number of halogens is 3. The van der Waals surface area contributed by atoms with Crippen LogP contribution in [0.4, 0.5) is 18.0 Å². The minimum atomic E-state index is -4.32. The molecular weight excluding hydrogens is 311 g/mol. The second-order valence-corrected chi connectivity index (χ2v) is 4.90. The van der Waals surface area contributed by atoms with E-state index in [0.717, 1.165) is 0 Å². The van der Waals surface area contributed by atoms with Gasteiger partial charge in [-0.3, -0.25) is 4.98 Å². The van der Waals surface area contributed by atoms with E-state index in [1.165, 1.54) is 18.3 Å². The topological polar surface area (TPSA) is 91.3 Å². The van der Waals surface area contributed by atoms with E-state index in [2.05, 4.69) is 15.6 Å². The molecule has 0 saturated heterocycles. The zero-order chi connectivity index (χ0) is 15.9. The van der Waals surface area contributed by atoms with Crippen molar-refractivity contribution in [2.45, 2.75) is 12.1 Å². The van der Waals surface area contributed by atoms with Gasteiger partial charge in [-0.2, -0.15) is 13.2 Å². The highest BCUT2D eigenvalue weighted by molar-refractivity contribution is 8.00. The van der Waals surface area contributed by atoms with E-state index in [-0.39, 0.29) is 36.2 Å². The molecule has 2 amide bonds. The Morgan fingerprint density at radius 3 is 2.67 bits per heavy atom. The highest BCUT2D eigenvalue weighted by Crippen LogP contribution is 2.29. The van der Waals surface area contributed by atoms with E-state index >= 15 is 0 Å². The fourth-order valence-corrected chi connectivity index (χ4v) is 1.71. The van der Waals surface area contributed by atoms with Crippen LogP contribution in [0.1, 0.15) is 16.1 Å². The van der Waals surface area contributed by atoms with E-state index in [9.17, 15) is 22.8 Å². The lowest BCUT2D eigenvalue weighted by Gasteiger charge is -2.08. The first-order chi connectivity index (χ1) is 9.78. The Bertz CT molecular complexity index is 511. The molecule has 21 heavy (non-hydrogen) atoms. The molecule has 3 N–H and O–H groups in total. The maximum Gasteiger partial charge on any atom is 0.441 e. The summed E-state index contributed by atoms with van der Waals surface area (Å²) in [6.07, 6.45) is 1.29. The largest absolute Gasteiger partial charge is 0.478 e. The number of urea groups is 1. The van der Waals surface area contributed by atoms with Gasteiger partial charge in [-0.15, -0.1) is 0 Å². The molecule has 0 aliphatic carbocycles. The Morgan fingerprint density at radius 2 is 2.05 bits per heavy atom. The summed E-state index contributed by atoms with van der Waals surface area (Å²) < 4.78 is 35.5. The summed E-state index contributed by atoms with van der Waals surface area (Å²) in [4.78, 5) is 25.9. The lowest BCUT2D eigenvalue weighted by molar-refractivity contribution is -0.0327. The number of aromatic nitrogens is 1. The maximum atomic E-state index is 11.8. The van der Waals surface area contributed by atoms with Gasteiger partial charge in [-0.25, -0.2) is 9.59 Å². The van der Waals surface area contributed by atoms with Crippen molar-refractivity contribution in [2.24, 2.45) is 0 Å². The molecule has 0 fully saturated rings. The number of hydrogen-bond acceptors (Lipinski definition) is 4. The number of carbonyl (C=O) groups excluding carboxylic acids is 1. The summed E-state index contributed by atoms with van der Waals surface area (Å²) in [5.41, 5.74) is -3.96. The van der Waals surface area contributed by atoms with Gasteiger partial charge in [0.15, 0.2) is 0 Å². The second kappa shape index (κ2) is 7.72. The third-order valence-electron chi connectivity index (χ3n) is 2.15. The molecule has 0 saturated carbocycles. The van der Waals surface area contributed by atoms with Crippen molar-refractivity contribution in [3.63, 3.8) is 0 Å². The monoisotopic (exact) mass is 323 g/mol. The lowest BCUT2D eigenvalue weighted by atomic mass is 10.2. The van der Waals surface area contributed by atoms with Gasteiger partial charge in [0.25, 0.3) is 0 Å². The van der Waals surface area contributed by atoms with E-state index in [1.54, 1.807) is 0 Å². The number of carboxylic acid groups (broad SMARTS) is 1. The van der Waals surface area contributed by atoms with Crippen LogP contribution in [0.15, 0.2) is 18.3 Å². The van der Waals surface area contributed by atoms with Crippen molar-refractivity contribution in [2.75, 3.05) is 12.3 Å². The smallest absolute Gasteiger partial charge is 0.441 e. The number of carbonyl (C=O) groups is 2. The van der Waals surface area contributed by atoms with Crippen LogP contribution in [-0.2, 0) is 6.54 Å². The molecule has 116 valence electrons. The van der Waals surface area contributed by atoms with Crippen LogP contribution in [0.25, 0.3) is 0 Å². The molecule has 10 heteroatoms. The zero-order valence-corrected chi connectivity index (χ0v) is 11.4. The lowest BCUT2D eigenvalue weighted by Crippen LogP contribution is -2.36. The Labute approximate surface area is 122 Å². The summed E-state index contributed by atoms with van der Waals surface area (Å²) in [5, 5.41) is 13.4. The Balaban J connectivity index is 2.30. The summed E-state index contributed by atoms with van der Waals surface area (Å²) in [5.74, 6) is -1.41. The number of nitrogens with zero attached hydrogens (tertiary/aromatic N) is 1. The third-order valence-corrected chi connectivity index (χ3v) is 2.88. The predicted octanol–water partition coefficient (Wildman–Crippen LogP) is 1.83. The fraction of sp³-hybridized carbons (Fsp3) is 0.364. The molecular formula is C11H12F3N3O3S. The molecule has 1 aromatic heterocycles. The van der Waals surface area contributed by atoms with Crippen LogP contribution in [0, 0.1) is 0 Å². The van der Waals surface area contributed by atoms with E-state index in [4.69, 9.17) is 5.11 Å². The minimum Gasteiger partial charge on any atom is -0.478 e. The molecule has 0 radical (unpaired) electrons. The number of alkyl halides is 3. The molecule has 0 aliphatic heterocycles. The number of amides is 2. The summed E-state index contributed by atoms with van der Waals surface area (Å²) >= 11 is -0.225. The zero-order valence-electron chi connectivity index (χ0n) is 10.6. The second-order valence-electron chi connectivity index (χ2n) is 3.74. The first kappa shape index (κ1) is 17.1.